The molecule has 41 heavy (non-hydrogen) atoms. The van der Waals surface area contributed by atoms with Crippen LogP contribution in [0.15, 0.2) is 84.9 Å². The van der Waals surface area contributed by atoms with Crippen LogP contribution in [0.3, 0.4) is 0 Å². The molecule has 214 valence electrons. The molecule has 4 saturated heterocycles. The van der Waals surface area contributed by atoms with Crippen LogP contribution in [0.25, 0.3) is 0 Å². The van der Waals surface area contributed by atoms with E-state index in [-0.39, 0.29) is 56.1 Å². The van der Waals surface area contributed by atoms with Gasteiger partial charge in [0.15, 0.2) is 0 Å². The number of benzene rings is 3. The second-order valence-electron chi connectivity index (χ2n) is 11.1. The number of carbonyl (C=O) groups excluding carboxylic acids is 1. The molecular formula is C33H35NO6Se. The van der Waals surface area contributed by atoms with E-state index in [2.05, 4.69) is 36.1 Å². The Kier molecular flexibility index (Phi) is 7.97. The van der Waals surface area contributed by atoms with Gasteiger partial charge in [-0.1, -0.05) is 0 Å². The van der Waals surface area contributed by atoms with Gasteiger partial charge in [0.1, 0.15) is 0 Å². The van der Waals surface area contributed by atoms with Gasteiger partial charge in [-0.2, -0.15) is 0 Å². The average Bonchev–Trinajstić information content (AvgIpc) is 3.54. The zero-order valence-electron chi connectivity index (χ0n) is 23.0. The van der Waals surface area contributed by atoms with E-state index in [0.29, 0.717) is 19.6 Å². The molecule has 4 fully saturated rings. The first-order chi connectivity index (χ1) is 20.2. The number of ether oxygens (including phenoxy) is 5. The van der Waals surface area contributed by atoms with Gasteiger partial charge in [-0.15, -0.1) is 0 Å². The molecule has 0 N–H and O–H groups in total. The summed E-state index contributed by atoms with van der Waals surface area (Å²) in [6.45, 7) is 3.93. The van der Waals surface area contributed by atoms with E-state index in [1.54, 1.807) is 0 Å². The minimum atomic E-state index is -0.429. The second kappa shape index (κ2) is 12.0. The van der Waals surface area contributed by atoms with E-state index in [1.165, 1.54) is 10.0 Å². The summed E-state index contributed by atoms with van der Waals surface area (Å²) < 4.78 is 33.0. The third-order valence-corrected chi connectivity index (χ3v) is 11.5. The number of nitrogens with zero attached hydrogens (tertiary/aromatic N) is 1. The van der Waals surface area contributed by atoms with Gasteiger partial charge >= 0.3 is 248 Å². The van der Waals surface area contributed by atoms with Crippen molar-refractivity contribution < 1.29 is 28.5 Å². The zero-order chi connectivity index (χ0) is 27.8. The van der Waals surface area contributed by atoms with E-state index < -0.39 is 12.6 Å². The summed E-state index contributed by atoms with van der Waals surface area (Å²) in [5.41, 5.74) is 3.30. The molecule has 8 atom stereocenters. The van der Waals surface area contributed by atoms with Gasteiger partial charge in [0.2, 0.25) is 0 Å². The van der Waals surface area contributed by atoms with E-state index in [9.17, 15) is 4.79 Å². The summed E-state index contributed by atoms with van der Waals surface area (Å²) in [6, 6.07) is 28.9. The van der Waals surface area contributed by atoms with Gasteiger partial charge in [-0.05, 0) is 0 Å². The van der Waals surface area contributed by atoms with Crippen LogP contribution in [0.1, 0.15) is 49.0 Å². The monoisotopic (exact) mass is 621 g/mol. The molecule has 0 radical (unpaired) electrons. The third kappa shape index (κ3) is 5.51. The first-order valence-electron chi connectivity index (χ1n) is 14.5. The van der Waals surface area contributed by atoms with Crippen molar-refractivity contribution in [1.82, 2.24) is 4.90 Å². The van der Waals surface area contributed by atoms with Crippen molar-refractivity contribution in [3.05, 3.63) is 102 Å². The van der Waals surface area contributed by atoms with Crippen LogP contribution >= 0.6 is 0 Å². The average molecular weight is 621 g/mol. The predicted molar refractivity (Wildman–Crippen MR) is 154 cm³/mol. The quantitative estimate of drug-likeness (QED) is 0.288. The molecule has 7 nitrogen and oxygen atoms in total. The summed E-state index contributed by atoms with van der Waals surface area (Å²) in [7, 11) is 0. The summed E-state index contributed by atoms with van der Waals surface area (Å²) in [5, 5.41) is 0. The number of cyclic esters (lactones) is 1. The van der Waals surface area contributed by atoms with E-state index in [0.717, 1.165) is 24.1 Å². The molecule has 0 aliphatic carbocycles. The van der Waals surface area contributed by atoms with Crippen molar-refractivity contribution >= 4 is 25.4 Å². The van der Waals surface area contributed by atoms with E-state index >= 15 is 0 Å². The summed E-state index contributed by atoms with van der Waals surface area (Å²) >= 11 is 0.123. The molecule has 0 bridgehead atoms. The van der Waals surface area contributed by atoms with Gasteiger partial charge < -0.3 is 0 Å². The first kappa shape index (κ1) is 27.3. The fourth-order valence-corrected chi connectivity index (χ4v) is 9.39. The number of fused-ring (bicyclic) bond motifs is 3. The summed E-state index contributed by atoms with van der Waals surface area (Å²) in [4.78, 5) is 14.8. The Balaban J connectivity index is 1.15. The molecule has 0 spiro atoms. The maximum atomic E-state index is 12.1. The number of esters is 1. The Morgan fingerprint density at radius 3 is 1.93 bits per heavy atom. The van der Waals surface area contributed by atoms with Crippen LogP contribution in [0.4, 0.5) is 0 Å². The van der Waals surface area contributed by atoms with Crippen LogP contribution in [0.5, 0.6) is 0 Å². The Bertz CT molecular complexity index is 1280. The van der Waals surface area contributed by atoms with Crippen LogP contribution in [-0.4, -0.2) is 69.4 Å². The second-order valence-corrected chi connectivity index (χ2v) is 13.8. The molecular weight excluding hydrogens is 585 g/mol. The predicted octanol–water partition coefficient (Wildman–Crippen LogP) is 4.31. The van der Waals surface area contributed by atoms with Gasteiger partial charge in [0, 0.05) is 0 Å². The third-order valence-electron chi connectivity index (χ3n) is 8.55. The minimum absolute atomic E-state index is 0.0150. The topological polar surface area (TPSA) is 66.5 Å². The molecule has 7 rings (SSSR count). The molecule has 0 amide bonds. The molecule has 3 aromatic rings. The van der Waals surface area contributed by atoms with Gasteiger partial charge in [0.05, 0.1) is 0 Å². The number of carbonyl (C=O) groups is 1. The van der Waals surface area contributed by atoms with Crippen molar-refractivity contribution in [3.63, 3.8) is 0 Å². The van der Waals surface area contributed by atoms with Crippen LogP contribution in [0, 0.1) is 0 Å². The summed E-state index contributed by atoms with van der Waals surface area (Å²) in [6.07, 6.45) is 0.212. The van der Waals surface area contributed by atoms with Crippen LogP contribution in [0.2, 0.25) is 4.82 Å². The summed E-state index contributed by atoms with van der Waals surface area (Å²) in [5.74, 6) is -0.0691. The Morgan fingerprint density at radius 2 is 1.34 bits per heavy atom. The standard InChI is InChI=1S/C33H35NO6Se/c1-2-26-28(17-29(35)38-26)41-27-16-10-9-15-23(27)18-34-24-19-36-32(21-11-5-3-6-12-21)39-30(24)31-25(34)20-37-33(40-31)22-13-7-4-8-14-22/h3-16,24-26,28,30-33H,2,17-20H2,1H3/t24-,25-,26-,28+,30+,31+,32?,33?/m0/s1. The molecule has 2 unspecified atom stereocenters. The number of hydrogen-bond donors (Lipinski definition) is 0. The van der Waals surface area contributed by atoms with Crippen molar-refractivity contribution in [1.29, 1.82) is 0 Å². The van der Waals surface area contributed by atoms with Crippen molar-refractivity contribution in [2.24, 2.45) is 0 Å². The number of likely N-dealkylation sites (tertiary alicyclic amines) is 1. The number of rotatable bonds is 7. The van der Waals surface area contributed by atoms with Crippen molar-refractivity contribution in [2.75, 3.05) is 13.2 Å². The van der Waals surface area contributed by atoms with E-state index in [1.807, 2.05) is 60.7 Å². The van der Waals surface area contributed by atoms with Crippen LogP contribution < -0.4 is 4.46 Å². The zero-order valence-corrected chi connectivity index (χ0v) is 24.8. The van der Waals surface area contributed by atoms with Crippen molar-refractivity contribution in [2.45, 2.75) is 74.1 Å². The van der Waals surface area contributed by atoms with Crippen molar-refractivity contribution in [3.8, 4) is 0 Å². The first-order valence-corrected chi connectivity index (χ1v) is 16.4. The Labute approximate surface area is 247 Å². The molecule has 8 heteroatoms. The fourth-order valence-electron chi connectivity index (χ4n) is 6.48. The van der Waals surface area contributed by atoms with Gasteiger partial charge in [-0.3, -0.25) is 0 Å². The van der Waals surface area contributed by atoms with E-state index in [4.69, 9.17) is 23.7 Å². The molecule has 4 aliphatic heterocycles. The molecule has 3 aromatic carbocycles. The van der Waals surface area contributed by atoms with Gasteiger partial charge in [0.25, 0.3) is 0 Å². The normalized spacial score (nSPS) is 33.2. The van der Waals surface area contributed by atoms with Gasteiger partial charge in [-0.25, -0.2) is 0 Å². The Hall–Kier alpha value is -2.55. The maximum absolute atomic E-state index is 12.1. The molecule has 0 aromatic heterocycles. The van der Waals surface area contributed by atoms with Crippen LogP contribution in [-0.2, 0) is 35.0 Å². The molecule has 4 aliphatic rings. The Morgan fingerprint density at radius 1 is 0.780 bits per heavy atom. The molecule has 4 heterocycles. The SMILES string of the molecule is CC[C@@H]1OC(=O)C[C@H]1[Se]c1ccccc1CN1[C@H]2COC(c3ccccc3)O[C@H]2[C@@H]2OC(c3ccccc3)OC[C@@H]21. The number of hydrogen-bond acceptors (Lipinski definition) is 7. The molecule has 0 saturated carbocycles. The fraction of sp³-hybridized carbons (Fsp3) is 0.424.